The number of benzene rings is 1. The second-order valence-electron chi connectivity index (χ2n) is 7.51. The Morgan fingerprint density at radius 1 is 1.10 bits per heavy atom. The van der Waals surface area contributed by atoms with Crippen molar-refractivity contribution >= 4 is 0 Å². The van der Waals surface area contributed by atoms with Gasteiger partial charge in [0.25, 0.3) is 0 Å². The van der Waals surface area contributed by atoms with Gasteiger partial charge in [-0.05, 0) is 57.5 Å². The highest BCUT2D eigenvalue weighted by Crippen LogP contribution is 2.34. The molecule has 1 aromatic carbocycles. The highest BCUT2D eigenvalue weighted by atomic mass is 19.4. The van der Waals surface area contributed by atoms with Crippen molar-refractivity contribution in [2.75, 3.05) is 6.61 Å². The molecule has 152 valence electrons. The van der Waals surface area contributed by atoms with Crippen molar-refractivity contribution in [3.8, 4) is 16.9 Å². The van der Waals surface area contributed by atoms with E-state index < -0.39 is 11.7 Å². The Bertz CT molecular complexity index is 1040. The Labute approximate surface area is 167 Å². The number of aromatic nitrogens is 3. The van der Waals surface area contributed by atoms with Crippen molar-refractivity contribution in [1.29, 1.82) is 0 Å². The average molecular weight is 401 g/mol. The largest absolute Gasteiger partial charge is 0.416 e. The summed E-state index contributed by atoms with van der Waals surface area (Å²) in [5.74, 6) is 0. The van der Waals surface area contributed by atoms with Crippen LogP contribution in [-0.4, -0.2) is 27.5 Å². The van der Waals surface area contributed by atoms with Gasteiger partial charge in [-0.15, -0.1) is 0 Å². The molecule has 1 aliphatic rings. The minimum atomic E-state index is -4.40. The molecule has 29 heavy (non-hydrogen) atoms. The van der Waals surface area contributed by atoms with Gasteiger partial charge in [0.05, 0.1) is 35.3 Å². The third-order valence-electron chi connectivity index (χ3n) is 5.10. The molecule has 7 heteroatoms. The summed E-state index contributed by atoms with van der Waals surface area (Å²) in [7, 11) is 0. The zero-order valence-corrected chi connectivity index (χ0v) is 16.5. The number of rotatable bonds is 2. The summed E-state index contributed by atoms with van der Waals surface area (Å²) >= 11 is 0. The van der Waals surface area contributed by atoms with E-state index in [4.69, 9.17) is 9.84 Å². The molecule has 0 aliphatic carbocycles. The fourth-order valence-electron chi connectivity index (χ4n) is 3.88. The Morgan fingerprint density at radius 2 is 1.83 bits per heavy atom. The van der Waals surface area contributed by atoms with Gasteiger partial charge in [0.2, 0.25) is 0 Å². The zero-order chi connectivity index (χ0) is 20.8. The molecule has 3 heterocycles. The van der Waals surface area contributed by atoms with Crippen LogP contribution < -0.4 is 0 Å². The number of nitrogens with zero attached hydrogens (tertiary/aromatic N) is 3. The van der Waals surface area contributed by atoms with Gasteiger partial charge in [0.15, 0.2) is 0 Å². The molecule has 0 saturated carbocycles. The van der Waals surface area contributed by atoms with Crippen LogP contribution in [0.5, 0.6) is 0 Å². The lowest BCUT2D eigenvalue weighted by atomic mass is 10.0. The normalized spacial score (nSPS) is 17.1. The molecule has 1 aliphatic heterocycles. The molecule has 0 amide bonds. The quantitative estimate of drug-likeness (QED) is 0.602. The fourth-order valence-corrected chi connectivity index (χ4v) is 3.88. The van der Waals surface area contributed by atoms with Gasteiger partial charge < -0.3 is 4.74 Å². The van der Waals surface area contributed by atoms with Crippen molar-refractivity contribution in [2.24, 2.45) is 0 Å². The van der Waals surface area contributed by atoms with E-state index in [9.17, 15) is 13.2 Å². The van der Waals surface area contributed by atoms with Crippen LogP contribution in [-0.2, 0) is 23.8 Å². The number of fused-ring (bicyclic) bond motifs is 1. The second-order valence-corrected chi connectivity index (χ2v) is 7.51. The minimum absolute atomic E-state index is 0.0359. The highest BCUT2D eigenvalue weighted by molar-refractivity contribution is 5.66. The molecule has 3 aromatic rings. The highest BCUT2D eigenvalue weighted by Gasteiger charge is 2.31. The van der Waals surface area contributed by atoms with E-state index >= 15 is 0 Å². The number of hydrogen-bond donors (Lipinski definition) is 0. The van der Waals surface area contributed by atoms with Gasteiger partial charge in [-0.3, -0.25) is 4.98 Å². The van der Waals surface area contributed by atoms with Crippen LogP contribution in [0.4, 0.5) is 13.2 Å². The maximum atomic E-state index is 13.3. The summed E-state index contributed by atoms with van der Waals surface area (Å²) < 4.78 is 47.2. The zero-order valence-electron chi connectivity index (χ0n) is 16.5. The molecular weight excluding hydrogens is 379 g/mol. The summed E-state index contributed by atoms with van der Waals surface area (Å²) in [6.07, 6.45) is -3.19. The standard InChI is InChI=1S/C22H22F3N3O/c1-13-9-16(10-14(2)26-13)21-19-7-8-29-15(3)11-20(19)28(27-21)18-6-4-5-17(12-18)22(23,24)25/h4-6,9-10,12,15H,7-8,11H2,1-3H3/t15-/m1/s1. The first-order valence-electron chi connectivity index (χ1n) is 9.58. The smallest absolute Gasteiger partial charge is 0.378 e. The van der Waals surface area contributed by atoms with E-state index in [-0.39, 0.29) is 6.10 Å². The number of pyridine rings is 1. The van der Waals surface area contributed by atoms with Crippen LogP contribution in [0.1, 0.15) is 35.1 Å². The van der Waals surface area contributed by atoms with Gasteiger partial charge in [0.1, 0.15) is 0 Å². The van der Waals surface area contributed by atoms with E-state index in [1.807, 2.05) is 32.9 Å². The van der Waals surface area contributed by atoms with Gasteiger partial charge in [-0.2, -0.15) is 18.3 Å². The first-order valence-corrected chi connectivity index (χ1v) is 9.58. The van der Waals surface area contributed by atoms with E-state index in [0.717, 1.165) is 46.0 Å². The van der Waals surface area contributed by atoms with Crippen LogP contribution in [0.3, 0.4) is 0 Å². The molecule has 0 saturated heterocycles. The Balaban J connectivity index is 1.92. The van der Waals surface area contributed by atoms with E-state index in [1.165, 1.54) is 6.07 Å². The molecule has 4 rings (SSSR count). The Kier molecular flexibility index (Phi) is 4.94. The van der Waals surface area contributed by atoms with Gasteiger partial charge in [-0.1, -0.05) is 6.07 Å². The third-order valence-corrected chi connectivity index (χ3v) is 5.10. The van der Waals surface area contributed by atoms with Crippen LogP contribution in [0.15, 0.2) is 36.4 Å². The molecule has 0 fully saturated rings. The molecule has 0 spiro atoms. The lowest BCUT2D eigenvalue weighted by molar-refractivity contribution is -0.137. The molecule has 4 nitrogen and oxygen atoms in total. The van der Waals surface area contributed by atoms with Crippen LogP contribution >= 0.6 is 0 Å². The summed E-state index contributed by atoms with van der Waals surface area (Å²) in [4.78, 5) is 4.42. The fraction of sp³-hybridized carbons (Fsp3) is 0.364. The molecular formula is C22H22F3N3O. The van der Waals surface area contributed by atoms with Crippen molar-refractivity contribution < 1.29 is 17.9 Å². The summed E-state index contributed by atoms with van der Waals surface area (Å²) in [5, 5.41) is 4.78. The molecule has 0 radical (unpaired) electrons. The predicted molar refractivity (Wildman–Crippen MR) is 104 cm³/mol. The SMILES string of the molecule is Cc1cc(-c2nn(-c3cccc(C(F)(F)F)c3)c3c2CCO[C@H](C)C3)cc(C)n1. The van der Waals surface area contributed by atoms with Gasteiger partial charge >= 0.3 is 6.18 Å². The monoisotopic (exact) mass is 401 g/mol. The predicted octanol–water partition coefficient (Wildman–Crippen LogP) is 5.07. The lowest BCUT2D eigenvalue weighted by Crippen LogP contribution is -2.13. The molecule has 0 unspecified atom stereocenters. The third kappa shape index (κ3) is 3.92. The number of alkyl halides is 3. The van der Waals surface area contributed by atoms with Crippen molar-refractivity contribution in [3.05, 3.63) is 64.6 Å². The Morgan fingerprint density at radius 3 is 2.52 bits per heavy atom. The van der Waals surface area contributed by atoms with Crippen LogP contribution in [0.2, 0.25) is 0 Å². The molecule has 0 bridgehead atoms. The lowest BCUT2D eigenvalue weighted by Gasteiger charge is -2.13. The van der Waals surface area contributed by atoms with E-state index in [1.54, 1.807) is 10.7 Å². The number of halogens is 3. The van der Waals surface area contributed by atoms with Crippen LogP contribution in [0.25, 0.3) is 16.9 Å². The maximum Gasteiger partial charge on any atom is 0.416 e. The summed E-state index contributed by atoms with van der Waals surface area (Å²) in [5.41, 5.74) is 5.10. The van der Waals surface area contributed by atoms with Crippen molar-refractivity contribution in [1.82, 2.24) is 14.8 Å². The molecule has 0 N–H and O–H groups in total. The Hall–Kier alpha value is -2.67. The number of aryl methyl sites for hydroxylation is 2. The van der Waals surface area contributed by atoms with Crippen molar-refractivity contribution in [3.63, 3.8) is 0 Å². The molecule has 1 atom stereocenters. The second kappa shape index (κ2) is 7.30. The molecule has 2 aromatic heterocycles. The van der Waals surface area contributed by atoms with E-state index in [0.29, 0.717) is 25.1 Å². The number of hydrogen-bond acceptors (Lipinski definition) is 3. The van der Waals surface area contributed by atoms with E-state index in [2.05, 4.69) is 4.98 Å². The summed E-state index contributed by atoms with van der Waals surface area (Å²) in [6.45, 7) is 6.37. The first kappa shape index (κ1) is 19.6. The maximum absolute atomic E-state index is 13.3. The minimum Gasteiger partial charge on any atom is -0.378 e. The summed E-state index contributed by atoms with van der Waals surface area (Å²) in [6, 6.07) is 9.22. The van der Waals surface area contributed by atoms with Crippen molar-refractivity contribution in [2.45, 2.75) is 45.9 Å². The van der Waals surface area contributed by atoms with Gasteiger partial charge in [0, 0.05) is 28.9 Å². The number of ether oxygens (including phenoxy) is 1. The van der Waals surface area contributed by atoms with Gasteiger partial charge in [-0.25, -0.2) is 4.68 Å². The van der Waals surface area contributed by atoms with Crippen LogP contribution in [0, 0.1) is 13.8 Å². The first-order chi connectivity index (χ1) is 13.7. The average Bonchev–Trinajstić information content (AvgIpc) is 2.87. The topological polar surface area (TPSA) is 39.9 Å².